The van der Waals surface area contributed by atoms with Crippen LogP contribution in [-0.2, 0) is 10.2 Å². The van der Waals surface area contributed by atoms with E-state index in [1.807, 2.05) is 0 Å². The van der Waals surface area contributed by atoms with Crippen LogP contribution >= 0.6 is 11.5 Å². The Morgan fingerprint density at radius 2 is 2.23 bits per heavy atom. The summed E-state index contributed by atoms with van der Waals surface area (Å²) in [6.45, 7) is 3.53. The minimum absolute atomic E-state index is 0.114. The fourth-order valence-electron chi connectivity index (χ4n) is 0.655. The van der Waals surface area contributed by atoms with E-state index in [0.29, 0.717) is 11.5 Å². The number of halogens is 1. The number of nitrogens with zero attached hydrogens (tertiary/aromatic N) is 1. The predicted molar refractivity (Wildman–Crippen MR) is 46.2 cm³/mol. The Morgan fingerprint density at radius 1 is 1.62 bits per heavy atom. The van der Waals surface area contributed by atoms with Crippen LogP contribution in [0, 0.1) is 0 Å². The number of ether oxygens (including phenoxy) is 1. The lowest BCUT2D eigenvalue weighted by Crippen LogP contribution is -2.05. The fourth-order valence-corrected chi connectivity index (χ4v) is 1.79. The van der Waals surface area contributed by atoms with Gasteiger partial charge in [0, 0.05) is 6.07 Å². The summed E-state index contributed by atoms with van der Waals surface area (Å²) >= 11 is 0.561. The van der Waals surface area contributed by atoms with E-state index in [2.05, 4.69) is 4.37 Å². The van der Waals surface area contributed by atoms with Crippen molar-refractivity contribution < 1.29 is 17.0 Å². The van der Waals surface area contributed by atoms with E-state index in [-0.39, 0.29) is 12.0 Å². The molecule has 1 heterocycles. The Kier molecular flexibility index (Phi) is 2.87. The maximum Gasteiger partial charge on any atom is 0.343 e. The zero-order valence-corrected chi connectivity index (χ0v) is 8.65. The quantitative estimate of drug-likeness (QED) is 0.733. The molecule has 13 heavy (non-hydrogen) atoms. The standard InChI is InChI=1S/C6H8FNO3S2/c1-4(2)11-5-3-6(12-8-5)13(7,9)10/h3-4H,1-2H3. The molecule has 1 aromatic rings. The van der Waals surface area contributed by atoms with E-state index in [9.17, 15) is 12.3 Å². The molecule has 7 heteroatoms. The van der Waals surface area contributed by atoms with Crippen LogP contribution in [0.1, 0.15) is 13.8 Å². The van der Waals surface area contributed by atoms with Gasteiger partial charge in [0.1, 0.15) is 0 Å². The Bertz CT molecular complexity index is 384. The zero-order chi connectivity index (χ0) is 10.1. The molecule has 0 saturated heterocycles. The molecule has 0 radical (unpaired) electrons. The SMILES string of the molecule is CC(C)Oc1cc(S(=O)(=O)F)sn1. The molecule has 0 saturated carbocycles. The minimum atomic E-state index is -4.64. The van der Waals surface area contributed by atoms with Gasteiger partial charge in [0.2, 0.25) is 5.88 Å². The van der Waals surface area contributed by atoms with Crippen molar-refractivity contribution >= 4 is 21.8 Å². The highest BCUT2D eigenvalue weighted by Crippen LogP contribution is 2.23. The number of rotatable bonds is 3. The third-order valence-corrected chi connectivity index (χ3v) is 3.05. The highest BCUT2D eigenvalue weighted by molar-refractivity contribution is 7.88. The van der Waals surface area contributed by atoms with Crippen LogP contribution in [-0.4, -0.2) is 18.9 Å². The van der Waals surface area contributed by atoms with Gasteiger partial charge in [-0.15, -0.1) is 0 Å². The van der Waals surface area contributed by atoms with Crippen molar-refractivity contribution in [2.45, 2.75) is 24.2 Å². The van der Waals surface area contributed by atoms with Crippen LogP contribution in [0.25, 0.3) is 0 Å². The molecule has 0 aliphatic rings. The lowest BCUT2D eigenvalue weighted by molar-refractivity contribution is 0.235. The van der Waals surface area contributed by atoms with E-state index < -0.39 is 14.4 Å². The number of hydrogen-bond donors (Lipinski definition) is 0. The highest BCUT2D eigenvalue weighted by atomic mass is 32.3. The smallest absolute Gasteiger partial charge is 0.343 e. The molecule has 0 spiro atoms. The van der Waals surface area contributed by atoms with Gasteiger partial charge in [0.15, 0.2) is 4.21 Å². The van der Waals surface area contributed by atoms with Gasteiger partial charge in [0.05, 0.1) is 6.10 Å². The van der Waals surface area contributed by atoms with E-state index in [1.165, 1.54) is 0 Å². The molecule has 0 fully saturated rings. The zero-order valence-electron chi connectivity index (χ0n) is 7.02. The van der Waals surface area contributed by atoms with Gasteiger partial charge in [0.25, 0.3) is 0 Å². The van der Waals surface area contributed by atoms with Crippen LogP contribution < -0.4 is 4.74 Å². The molecule has 0 amide bonds. The Labute approximate surface area is 79.7 Å². The molecule has 0 aliphatic heterocycles. The minimum Gasteiger partial charge on any atom is -0.474 e. The molecule has 74 valence electrons. The van der Waals surface area contributed by atoms with Crippen LogP contribution in [0.5, 0.6) is 5.88 Å². The van der Waals surface area contributed by atoms with E-state index in [4.69, 9.17) is 4.74 Å². The lowest BCUT2D eigenvalue weighted by Gasteiger charge is -2.03. The first kappa shape index (κ1) is 10.4. The van der Waals surface area contributed by atoms with Gasteiger partial charge >= 0.3 is 10.2 Å². The normalized spacial score (nSPS) is 12.0. The molecule has 0 aromatic carbocycles. The number of hydrogen-bond acceptors (Lipinski definition) is 5. The maximum atomic E-state index is 12.4. The lowest BCUT2D eigenvalue weighted by atomic mass is 10.5. The summed E-state index contributed by atoms with van der Waals surface area (Å²) in [4.78, 5) is 0. The molecule has 0 atom stereocenters. The highest BCUT2D eigenvalue weighted by Gasteiger charge is 2.17. The summed E-state index contributed by atoms with van der Waals surface area (Å²) in [5.74, 6) is 0.135. The summed E-state index contributed by atoms with van der Waals surface area (Å²) in [6.07, 6.45) is -0.114. The molecule has 0 N–H and O–H groups in total. The van der Waals surface area contributed by atoms with Crippen molar-refractivity contribution in [3.63, 3.8) is 0 Å². The first-order chi connectivity index (χ1) is 5.89. The van der Waals surface area contributed by atoms with Crippen molar-refractivity contribution in [1.82, 2.24) is 4.37 Å². The van der Waals surface area contributed by atoms with E-state index in [0.717, 1.165) is 6.07 Å². The van der Waals surface area contributed by atoms with Crippen LogP contribution in [0.15, 0.2) is 10.3 Å². The van der Waals surface area contributed by atoms with Crippen LogP contribution in [0.4, 0.5) is 3.89 Å². The van der Waals surface area contributed by atoms with E-state index >= 15 is 0 Å². The van der Waals surface area contributed by atoms with Crippen LogP contribution in [0.3, 0.4) is 0 Å². The Hall–Kier alpha value is -0.690. The third-order valence-electron chi connectivity index (χ3n) is 1.06. The molecular weight excluding hydrogens is 217 g/mol. The topological polar surface area (TPSA) is 56.3 Å². The largest absolute Gasteiger partial charge is 0.474 e. The van der Waals surface area contributed by atoms with Crippen molar-refractivity contribution in [2.24, 2.45) is 0 Å². The molecule has 1 rings (SSSR count). The van der Waals surface area contributed by atoms with Gasteiger partial charge < -0.3 is 4.74 Å². The summed E-state index contributed by atoms with van der Waals surface area (Å²) in [5, 5.41) is 0. The van der Waals surface area contributed by atoms with Crippen molar-refractivity contribution in [3.05, 3.63) is 6.07 Å². The van der Waals surface area contributed by atoms with Crippen molar-refractivity contribution in [1.29, 1.82) is 0 Å². The van der Waals surface area contributed by atoms with Gasteiger partial charge in [-0.25, -0.2) is 0 Å². The first-order valence-corrected chi connectivity index (χ1v) is 5.63. The Balaban J connectivity index is 2.88. The summed E-state index contributed by atoms with van der Waals surface area (Å²) in [5.41, 5.74) is 0. The van der Waals surface area contributed by atoms with Gasteiger partial charge in [-0.05, 0) is 25.4 Å². The van der Waals surface area contributed by atoms with Gasteiger partial charge in [-0.3, -0.25) is 0 Å². The molecule has 0 aliphatic carbocycles. The second kappa shape index (κ2) is 3.59. The summed E-state index contributed by atoms with van der Waals surface area (Å²) in [7, 11) is -4.64. The molecule has 0 bridgehead atoms. The molecular formula is C6H8FNO3S2. The second-order valence-electron chi connectivity index (χ2n) is 2.59. The van der Waals surface area contributed by atoms with Gasteiger partial charge in [-0.2, -0.15) is 12.8 Å². The first-order valence-electron chi connectivity index (χ1n) is 3.47. The second-order valence-corrected chi connectivity index (χ2v) is 4.97. The maximum absolute atomic E-state index is 12.4. The summed E-state index contributed by atoms with van der Waals surface area (Å²) in [6, 6.07) is 1.07. The van der Waals surface area contributed by atoms with Crippen molar-refractivity contribution in [2.75, 3.05) is 0 Å². The van der Waals surface area contributed by atoms with E-state index in [1.54, 1.807) is 13.8 Å². The third kappa shape index (κ3) is 2.92. The molecule has 1 aromatic heterocycles. The fraction of sp³-hybridized carbons (Fsp3) is 0.500. The average molecular weight is 225 g/mol. The number of aromatic nitrogens is 1. The van der Waals surface area contributed by atoms with Crippen molar-refractivity contribution in [3.8, 4) is 5.88 Å². The monoisotopic (exact) mass is 225 g/mol. The molecule has 4 nitrogen and oxygen atoms in total. The van der Waals surface area contributed by atoms with Crippen LogP contribution in [0.2, 0.25) is 0 Å². The van der Waals surface area contributed by atoms with Gasteiger partial charge in [-0.1, -0.05) is 3.89 Å². The predicted octanol–water partition coefficient (Wildman–Crippen LogP) is 1.59. The average Bonchev–Trinajstić information content (AvgIpc) is 2.32. The summed E-state index contributed by atoms with van der Waals surface area (Å²) < 4.78 is 41.4. The Morgan fingerprint density at radius 3 is 2.62 bits per heavy atom. The molecule has 0 unspecified atom stereocenters.